The molecule has 0 radical (unpaired) electrons. The van der Waals surface area contributed by atoms with Crippen LogP contribution in [0.1, 0.15) is 39.2 Å². The maximum absolute atomic E-state index is 10.7. The third kappa shape index (κ3) is 6.17. The van der Waals surface area contributed by atoms with E-state index < -0.39 is 14.4 Å². The number of aliphatic hydroxyl groups is 1. The van der Waals surface area contributed by atoms with Crippen molar-refractivity contribution in [2.24, 2.45) is 0 Å². The number of hydrogen-bond acceptors (Lipinski definition) is 3. The van der Waals surface area contributed by atoms with Crippen LogP contribution < -0.4 is 10.4 Å². The number of rotatable bonds is 11. The van der Waals surface area contributed by atoms with Gasteiger partial charge in [-0.25, -0.2) is 0 Å². The molecule has 0 bridgehead atoms. The molecule has 3 nitrogen and oxygen atoms in total. The Hall–Kier alpha value is -2.24. The SMILES string of the molecule is CC(C)(C)[Si](OCC(O)CCCOCc1ccccc1)(c1ccccc1)c1ccccc1. The van der Waals surface area contributed by atoms with Crippen LogP contribution in [-0.2, 0) is 15.8 Å². The summed E-state index contributed by atoms with van der Waals surface area (Å²) in [5, 5.41) is 13.1. The predicted octanol–water partition coefficient (Wildman–Crippen LogP) is 4.92. The van der Waals surface area contributed by atoms with E-state index in [1.54, 1.807) is 0 Å². The van der Waals surface area contributed by atoms with Crippen molar-refractivity contribution in [3.8, 4) is 0 Å². The van der Waals surface area contributed by atoms with Gasteiger partial charge in [0.25, 0.3) is 8.32 Å². The summed E-state index contributed by atoms with van der Waals surface area (Å²) in [5.41, 5.74) is 1.17. The molecule has 170 valence electrons. The molecule has 0 aliphatic rings. The van der Waals surface area contributed by atoms with E-state index >= 15 is 0 Å². The van der Waals surface area contributed by atoms with Crippen LogP contribution in [0.2, 0.25) is 5.04 Å². The molecular formula is C28H36O3Si. The summed E-state index contributed by atoms with van der Waals surface area (Å²) < 4.78 is 12.6. The maximum atomic E-state index is 10.7. The monoisotopic (exact) mass is 448 g/mol. The van der Waals surface area contributed by atoms with Crippen LogP contribution in [0.15, 0.2) is 91.0 Å². The lowest BCUT2D eigenvalue weighted by molar-refractivity contribution is 0.0711. The second-order valence-corrected chi connectivity index (χ2v) is 13.6. The Morgan fingerprint density at radius 1 is 0.781 bits per heavy atom. The molecule has 1 N–H and O–H groups in total. The summed E-state index contributed by atoms with van der Waals surface area (Å²) in [6.45, 7) is 8.32. The minimum Gasteiger partial charge on any atom is -0.405 e. The van der Waals surface area contributed by atoms with Crippen LogP contribution in [0.4, 0.5) is 0 Å². The van der Waals surface area contributed by atoms with Crippen molar-refractivity contribution in [1.29, 1.82) is 0 Å². The number of benzene rings is 3. The van der Waals surface area contributed by atoms with Crippen LogP contribution >= 0.6 is 0 Å². The minimum atomic E-state index is -2.60. The van der Waals surface area contributed by atoms with Gasteiger partial charge in [0.1, 0.15) is 0 Å². The van der Waals surface area contributed by atoms with Crippen molar-refractivity contribution < 1.29 is 14.3 Å². The van der Waals surface area contributed by atoms with Crippen molar-refractivity contribution in [1.82, 2.24) is 0 Å². The summed E-state index contributed by atoms with van der Waals surface area (Å²) >= 11 is 0. The number of ether oxygens (including phenoxy) is 1. The van der Waals surface area contributed by atoms with Gasteiger partial charge in [-0.15, -0.1) is 0 Å². The highest BCUT2D eigenvalue weighted by Crippen LogP contribution is 2.36. The molecule has 3 aromatic rings. The molecule has 0 amide bonds. The van der Waals surface area contributed by atoms with Gasteiger partial charge in [-0.3, -0.25) is 0 Å². The topological polar surface area (TPSA) is 38.7 Å². The molecule has 0 fully saturated rings. The Morgan fingerprint density at radius 3 is 1.78 bits per heavy atom. The van der Waals surface area contributed by atoms with Gasteiger partial charge in [0.2, 0.25) is 0 Å². The van der Waals surface area contributed by atoms with Gasteiger partial charge in [0.15, 0.2) is 0 Å². The average Bonchev–Trinajstić information content (AvgIpc) is 2.80. The molecule has 3 rings (SSSR count). The van der Waals surface area contributed by atoms with Gasteiger partial charge >= 0.3 is 0 Å². The molecule has 4 heteroatoms. The molecule has 0 aliphatic heterocycles. The Labute approximate surface area is 194 Å². The lowest BCUT2D eigenvalue weighted by Crippen LogP contribution is -2.67. The van der Waals surface area contributed by atoms with Crippen molar-refractivity contribution in [2.45, 2.75) is 51.4 Å². The normalized spacial score (nSPS) is 13.1. The summed E-state index contributed by atoms with van der Waals surface area (Å²) in [5.74, 6) is 0. The molecule has 0 aliphatic carbocycles. The fraction of sp³-hybridized carbons (Fsp3) is 0.357. The predicted molar refractivity (Wildman–Crippen MR) is 135 cm³/mol. The Kier molecular flexibility index (Phi) is 8.82. The Balaban J connectivity index is 1.64. The largest absolute Gasteiger partial charge is 0.405 e. The zero-order valence-electron chi connectivity index (χ0n) is 19.5. The zero-order chi connectivity index (χ0) is 22.9. The smallest absolute Gasteiger partial charge is 0.261 e. The first-order valence-corrected chi connectivity index (χ1v) is 13.4. The van der Waals surface area contributed by atoms with Crippen molar-refractivity contribution in [2.75, 3.05) is 13.2 Å². The van der Waals surface area contributed by atoms with Crippen LogP contribution in [0.5, 0.6) is 0 Å². The van der Waals surface area contributed by atoms with Gasteiger partial charge in [-0.05, 0) is 33.8 Å². The third-order valence-electron chi connectivity index (χ3n) is 5.85. The maximum Gasteiger partial charge on any atom is 0.261 e. The van der Waals surface area contributed by atoms with Crippen LogP contribution in [-0.4, -0.2) is 32.7 Å². The van der Waals surface area contributed by atoms with Crippen molar-refractivity contribution in [3.05, 3.63) is 96.6 Å². The van der Waals surface area contributed by atoms with Gasteiger partial charge in [0, 0.05) is 6.61 Å². The first kappa shape index (κ1) is 24.4. The van der Waals surface area contributed by atoms with Gasteiger partial charge in [-0.1, -0.05) is 112 Å². The highest BCUT2D eigenvalue weighted by atomic mass is 28.4. The molecule has 1 unspecified atom stereocenters. The molecule has 0 saturated heterocycles. The molecule has 0 spiro atoms. The molecule has 0 heterocycles. The molecule has 0 aromatic heterocycles. The highest BCUT2D eigenvalue weighted by Gasteiger charge is 2.50. The van der Waals surface area contributed by atoms with E-state index in [0.717, 1.165) is 6.42 Å². The quantitative estimate of drug-likeness (QED) is 0.334. The van der Waals surface area contributed by atoms with Gasteiger partial charge in [-0.2, -0.15) is 0 Å². The number of hydrogen-bond donors (Lipinski definition) is 1. The highest BCUT2D eigenvalue weighted by molar-refractivity contribution is 6.99. The minimum absolute atomic E-state index is 0.0891. The van der Waals surface area contributed by atoms with Crippen molar-refractivity contribution in [3.63, 3.8) is 0 Å². The molecule has 0 saturated carbocycles. The van der Waals surface area contributed by atoms with Gasteiger partial charge < -0.3 is 14.3 Å². The first-order chi connectivity index (χ1) is 15.4. The zero-order valence-corrected chi connectivity index (χ0v) is 20.5. The van der Waals surface area contributed by atoms with Crippen LogP contribution in [0.25, 0.3) is 0 Å². The number of aliphatic hydroxyl groups excluding tert-OH is 1. The van der Waals surface area contributed by atoms with E-state index in [1.807, 2.05) is 30.3 Å². The first-order valence-electron chi connectivity index (χ1n) is 11.5. The van der Waals surface area contributed by atoms with E-state index in [2.05, 4.69) is 81.4 Å². The third-order valence-corrected chi connectivity index (χ3v) is 10.9. The lowest BCUT2D eigenvalue weighted by Gasteiger charge is -2.43. The summed E-state index contributed by atoms with van der Waals surface area (Å²) in [7, 11) is -2.60. The summed E-state index contributed by atoms with van der Waals surface area (Å²) in [4.78, 5) is 0. The van der Waals surface area contributed by atoms with E-state index in [0.29, 0.717) is 26.2 Å². The Bertz CT molecular complexity index is 868. The van der Waals surface area contributed by atoms with Gasteiger partial charge in [0.05, 0.1) is 19.3 Å². The van der Waals surface area contributed by atoms with Crippen molar-refractivity contribution >= 4 is 18.7 Å². The molecular weight excluding hydrogens is 412 g/mol. The fourth-order valence-electron chi connectivity index (χ4n) is 4.25. The van der Waals surface area contributed by atoms with Crippen LogP contribution in [0.3, 0.4) is 0 Å². The fourth-order valence-corrected chi connectivity index (χ4v) is 8.85. The molecule has 1 atom stereocenters. The van der Waals surface area contributed by atoms with E-state index in [4.69, 9.17) is 9.16 Å². The standard InChI is InChI=1S/C28H36O3Si/c1-28(2,3)32(26-17-9-5-10-18-26,27-19-11-6-12-20-27)31-23-25(29)16-13-21-30-22-24-14-7-4-8-15-24/h4-12,14-15,17-20,25,29H,13,16,21-23H2,1-3H3. The summed E-state index contributed by atoms with van der Waals surface area (Å²) in [6, 6.07) is 31.3. The van der Waals surface area contributed by atoms with E-state index in [1.165, 1.54) is 15.9 Å². The van der Waals surface area contributed by atoms with E-state index in [-0.39, 0.29) is 5.04 Å². The molecule has 3 aromatic carbocycles. The lowest BCUT2D eigenvalue weighted by atomic mass is 10.2. The van der Waals surface area contributed by atoms with Crippen LogP contribution in [0, 0.1) is 0 Å². The Morgan fingerprint density at radius 2 is 1.28 bits per heavy atom. The summed E-state index contributed by atoms with van der Waals surface area (Å²) in [6.07, 6.45) is 0.947. The second-order valence-electron chi connectivity index (χ2n) is 9.31. The second kappa shape index (κ2) is 11.6. The van der Waals surface area contributed by atoms with E-state index in [9.17, 15) is 5.11 Å². The average molecular weight is 449 g/mol. The molecule has 32 heavy (non-hydrogen) atoms.